The van der Waals surface area contributed by atoms with Crippen molar-refractivity contribution in [1.29, 1.82) is 0 Å². The van der Waals surface area contributed by atoms with Crippen molar-refractivity contribution in [2.75, 3.05) is 0 Å². The molecule has 0 radical (unpaired) electrons. The Morgan fingerprint density at radius 3 is 2.52 bits per heavy atom. The lowest BCUT2D eigenvalue weighted by Gasteiger charge is -2.03. The number of benzene rings is 1. The summed E-state index contributed by atoms with van der Waals surface area (Å²) in [5.74, 6) is 0. The van der Waals surface area contributed by atoms with Gasteiger partial charge in [-0.05, 0) is 31.5 Å². The van der Waals surface area contributed by atoms with Crippen LogP contribution >= 0.6 is 11.3 Å². The fourth-order valence-corrected chi connectivity index (χ4v) is 3.35. The second-order valence-electron chi connectivity index (χ2n) is 5.21. The summed E-state index contributed by atoms with van der Waals surface area (Å²) in [5, 5.41) is 8.76. The number of aryl methyl sites for hydroxylation is 1. The number of hydrogen-bond donors (Lipinski definition) is 0. The molecule has 0 atom stereocenters. The number of aromatic nitrogens is 2. The fraction of sp³-hybridized carbons (Fsp3) is 0.167. The zero-order valence-electron chi connectivity index (χ0n) is 13.4. The van der Waals surface area contributed by atoms with Crippen LogP contribution in [-0.4, -0.2) is 15.3 Å². The molecule has 2 heterocycles. The van der Waals surface area contributed by atoms with Crippen molar-refractivity contribution in [3.05, 3.63) is 70.1 Å². The normalized spacial score (nSPS) is 12.7. The predicted molar refractivity (Wildman–Crippen MR) is 95.5 cm³/mol. The van der Waals surface area contributed by atoms with E-state index in [1.807, 2.05) is 50.4 Å². The van der Waals surface area contributed by atoms with Gasteiger partial charge in [-0.25, -0.2) is 0 Å². The molecule has 0 aliphatic carbocycles. The highest BCUT2D eigenvalue weighted by atomic mass is 32.1. The molecule has 0 amide bonds. The van der Waals surface area contributed by atoms with Gasteiger partial charge in [0.1, 0.15) is 0 Å². The average Bonchev–Trinajstić information content (AvgIpc) is 2.88. The summed E-state index contributed by atoms with van der Waals surface area (Å²) in [4.78, 5) is 6.39. The molecule has 23 heavy (non-hydrogen) atoms. The topological polar surface area (TPSA) is 42.5 Å². The Labute approximate surface area is 139 Å². The highest BCUT2D eigenvalue weighted by Gasteiger charge is 2.09. The zero-order chi connectivity index (χ0) is 16.2. The van der Waals surface area contributed by atoms with E-state index in [1.54, 1.807) is 17.5 Å². The summed E-state index contributed by atoms with van der Waals surface area (Å²) < 4.78 is 2.09. The number of thiazole rings is 1. The Balaban J connectivity index is 2.02. The Morgan fingerprint density at radius 1 is 1.09 bits per heavy atom. The molecule has 3 rings (SSSR count). The van der Waals surface area contributed by atoms with E-state index in [0.29, 0.717) is 0 Å². The van der Waals surface area contributed by atoms with Crippen LogP contribution in [0, 0.1) is 6.92 Å². The van der Waals surface area contributed by atoms with Crippen LogP contribution in [0.2, 0.25) is 0 Å². The smallest absolute Gasteiger partial charge is 0.211 e. The average molecular weight is 322 g/mol. The third-order valence-corrected chi connectivity index (χ3v) is 4.61. The van der Waals surface area contributed by atoms with E-state index in [-0.39, 0.29) is 0 Å². The van der Waals surface area contributed by atoms with Gasteiger partial charge in [-0.1, -0.05) is 47.7 Å². The molecule has 0 aliphatic rings. The maximum absolute atomic E-state index is 4.42. The van der Waals surface area contributed by atoms with Crippen LogP contribution in [0.4, 0.5) is 0 Å². The largest absolute Gasteiger partial charge is 0.318 e. The summed E-state index contributed by atoms with van der Waals surface area (Å²) in [6.45, 7) is 4.03. The van der Waals surface area contributed by atoms with Crippen LogP contribution in [0.25, 0.3) is 11.3 Å². The molecule has 116 valence electrons. The minimum Gasteiger partial charge on any atom is -0.318 e. The number of pyridine rings is 1. The summed E-state index contributed by atoms with van der Waals surface area (Å²) in [7, 11) is 2.02. The van der Waals surface area contributed by atoms with Gasteiger partial charge in [0.15, 0.2) is 0 Å². The molecule has 0 bridgehead atoms. The van der Waals surface area contributed by atoms with E-state index in [0.717, 1.165) is 16.2 Å². The monoisotopic (exact) mass is 322 g/mol. The van der Waals surface area contributed by atoms with Crippen LogP contribution in [0.1, 0.15) is 17.5 Å². The second-order valence-corrected chi connectivity index (χ2v) is 6.40. The van der Waals surface area contributed by atoms with Gasteiger partial charge in [-0.15, -0.1) is 5.10 Å². The van der Waals surface area contributed by atoms with Crippen LogP contribution in [0.3, 0.4) is 0 Å². The Morgan fingerprint density at radius 2 is 1.83 bits per heavy atom. The van der Waals surface area contributed by atoms with Gasteiger partial charge in [0.25, 0.3) is 0 Å². The second kappa shape index (κ2) is 6.71. The maximum Gasteiger partial charge on any atom is 0.211 e. The van der Waals surface area contributed by atoms with Gasteiger partial charge in [0, 0.05) is 18.1 Å². The van der Waals surface area contributed by atoms with E-state index >= 15 is 0 Å². The molecule has 0 saturated carbocycles. The summed E-state index contributed by atoms with van der Waals surface area (Å²) in [5.41, 5.74) is 4.02. The Kier molecular flexibility index (Phi) is 4.48. The quantitative estimate of drug-likeness (QED) is 0.534. The molecule has 0 fully saturated rings. The third-order valence-electron chi connectivity index (χ3n) is 3.57. The minimum absolute atomic E-state index is 0.804. The molecule has 0 unspecified atom stereocenters. The lowest BCUT2D eigenvalue weighted by Crippen LogP contribution is -2.11. The van der Waals surface area contributed by atoms with Crippen molar-refractivity contribution >= 4 is 17.0 Å². The molecular weight excluding hydrogens is 304 g/mol. The first-order valence-corrected chi connectivity index (χ1v) is 8.20. The first-order chi connectivity index (χ1) is 11.2. The number of rotatable bonds is 3. The standard InChI is InChI=1S/C18H18N4S/c1-13(16-11-7-8-12-19-16)20-21-18-22(3)17(14(2)23-18)15-9-5-4-6-10-15/h4-12H,1-3H3/b20-13+,21-18-. The van der Waals surface area contributed by atoms with Gasteiger partial charge in [-0.3, -0.25) is 4.98 Å². The molecule has 4 nitrogen and oxygen atoms in total. The van der Waals surface area contributed by atoms with E-state index < -0.39 is 0 Å². The number of nitrogens with zero attached hydrogens (tertiary/aromatic N) is 4. The molecule has 1 aromatic carbocycles. The first kappa shape index (κ1) is 15.4. The van der Waals surface area contributed by atoms with Crippen LogP contribution in [0.5, 0.6) is 0 Å². The number of hydrogen-bond acceptors (Lipinski definition) is 4. The van der Waals surface area contributed by atoms with Crippen molar-refractivity contribution < 1.29 is 0 Å². The van der Waals surface area contributed by atoms with Gasteiger partial charge in [0.2, 0.25) is 4.80 Å². The Bertz CT molecular complexity index is 890. The van der Waals surface area contributed by atoms with Crippen molar-refractivity contribution in [2.24, 2.45) is 17.3 Å². The van der Waals surface area contributed by atoms with Crippen molar-refractivity contribution in [2.45, 2.75) is 13.8 Å². The van der Waals surface area contributed by atoms with Crippen LogP contribution in [0.15, 0.2) is 64.9 Å². The molecule has 0 aliphatic heterocycles. The summed E-state index contributed by atoms with van der Waals surface area (Å²) in [6, 6.07) is 16.1. The molecule has 0 saturated heterocycles. The summed E-state index contributed by atoms with van der Waals surface area (Å²) >= 11 is 1.64. The van der Waals surface area contributed by atoms with Crippen molar-refractivity contribution in [3.8, 4) is 11.3 Å². The van der Waals surface area contributed by atoms with E-state index in [2.05, 4.69) is 38.8 Å². The molecule has 3 aromatic rings. The predicted octanol–water partition coefficient (Wildman–Crippen LogP) is 3.78. The molecule has 2 aromatic heterocycles. The van der Waals surface area contributed by atoms with Gasteiger partial charge in [-0.2, -0.15) is 5.10 Å². The van der Waals surface area contributed by atoms with Gasteiger partial charge >= 0.3 is 0 Å². The van der Waals surface area contributed by atoms with E-state index in [9.17, 15) is 0 Å². The van der Waals surface area contributed by atoms with Gasteiger partial charge in [0.05, 0.1) is 17.1 Å². The highest BCUT2D eigenvalue weighted by Crippen LogP contribution is 2.23. The third kappa shape index (κ3) is 3.29. The Hall–Kier alpha value is -2.53. The molecule has 5 heteroatoms. The highest BCUT2D eigenvalue weighted by molar-refractivity contribution is 7.09. The van der Waals surface area contributed by atoms with E-state index in [1.165, 1.54) is 16.1 Å². The molecule has 0 N–H and O–H groups in total. The van der Waals surface area contributed by atoms with Crippen LogP contribution < -0.4 is 4.80 Å². The molecular formula is C18H18N4S. The maximum atomic E-state index is 4.42. The minimum atomic E-state index is 0.804. The zero-order valence-corrected chi connectivity index (χ0v) is 14.2. The van der Waals surface area contributed by atoms with Gasteiger partial charge < -0.3 is 4.57 Å². The molecule has 0 spiro atoms. The van der Waals surface area contributed by atoms with E-state index in [4.69, 9.17) is 0 Å². The van der Waals surface area contributed by atoms with Crippen molar-refractivity contribution in [1.82, 2.24) is 9.55 Å². The van der Waals surface area contributed by atoms with Crippen LogP contribution in [-0.2, 0) is 7.05 Å². The summed E-state index contributed by atoms with van der Waals surface area (Å²) in [6.07, 6.45) is 1.76. The lowest BCUT2D eigenvalue weighted by atomic mass is 10.1. The first-order valence-electron chi connectivity index (χ1n) is 7.38. The fourth-order valence-electron chi connectivity index (χ4n) is 2.41. The SMILES string of the molecule is C/C(=N\N=c1/sc(C)c(-c2ccccc2)n1C)c1ccccn1. The lowest BCUT2D eigenvalue weighted by molar-refractivity contribution is 0.860. The van der Waals surface area contributed by atoms with Crippen molar-refractivity contribution in [3.63, 3.8) is 0 Å².